The van der Waals surface area contributed by atoms with Crippen molar-refractivity contribution < 1.29 is 4.42 Å². The van der Waals surface area contributed by atoms with Gasteiger partial charge < -0.3 is 13.6 Å². The van der Waals surface area contributed by atoms with Crippen LogP contribution in [0.2, 0.25) is 0 Å². The molecule has 0 saturated carbocycles. The van der Waals surface area contributed by atoms with Crippen LogP contribution in [0.3, 0.4) is 0 Å². The zero-order valence-electron chi connectivity index (χ0n) is 36.1. The van der Waals surface area contributed by atoms with E-state index in [2.05, 4.69) is 243 Å². The maximum absolute atomic E-state index is 6.33. The standard InChI is InChI=1S/C62H38N4O/c1-3-15-42(16-4-1)63-52-22-10-8-20-46(52)50-38-44(30-33-55(50)63)64-53-23-11-7-19-45(53)49-35-39(28-32-54(49)64)40-27-31-48-58(37-40)66-57-25-13-12-24-56(57)65(43-17-5-2-6-18-43)62(66)61(48)41-29-34-60-51(36-41)47-21-9-14-26-59(47)67-60/h1-38H. The number of aromatic nitrogens is 4. The molecule has 0 bridgehead atoms. The molecule has 0 saturated heterocycles. The summed E-state index contributed by atoms with van der Waals surface area (Å²) in [5.74, 6) is 0. The maximum atomic E-state index is 6.33. The van der Waals surface area contributed by atoms with Gasteiger partial charge in [0.25, 0.3) is 0 Å². The summed E-state index contributed by atoms with van der Waals surface area (Å²) in [5.41, 5.74) is 19.3. The first kappa shape index (κ1) is 36.3. The van der Waals surface area contributed by atoms with Gasteiger partial charge in [0.1, 0.15) is 16.8 Å². The Balaban J connectivity index is 0.949. The minimum absolute atomic E-state index is 0.892. The molecule has 0 atom stereocenters. The van der Waals surface area contributed by atoms with E-state index in [4.69, 9.17) is 4.42 Å². The minimum atomic E-state index is 0.892. The van der Waals surface area contributed by atoms with Gasteiger partial charge in [-0.1, -0.05) is 127 Å². The molecule has 15 aromatic rings. The first-order valence-electron chi connectivity index (χ1n) is 22.9. The lowest BCUT2D eigenvalue weighted by Crippen LogP contribution is -1.95. The number of fused-ring (bicyclic) bond motifs is 14. The molecule has 15 rings (SSSR count). The third-order valence-corrected chi connectivity index (χ3v) is 14.1. The van der Waals surface area contributed by atoms with E-state index in [-0.39, 0.29) is 0 Å². The molecule has 10 aromatic carbocycles. The number of furan rings is 1. The van der Waals surface area contributed by atoms with Crippen molar-refractivity contribution in [3.05, 3.63) is 231 Å². The second kappa shape index (κ2) is 13.7. The van der Waals surface area contributed by atoms with E-state index in [1.54, 1.807) is 0 Å². The van der Waals surface area contributed by atoms with E-state index < -0.39 is 0 Å². The molecule has 5 nitrogen and oxygen atoms in total. The van der Waals surface area contributed by atoms with Gasteiger partial charge >= 0.3 is 0 Å². The van der Waals surface area contributed by atoms with Crippen LogP contribution in [0.4, 0.5) is 0 Å². The molecule has 0 spiro atoms. The minimum Gasteiger partial charge on any atom is -0.456 e. The first-order chi connectivity index (χ1) is 33.2. The van der Waals surface area contributed by atoms with Crippen molar-refractivity contribution in [2.45, 2.75) is 0 Å². The molecule has 0 aliphatic rings. The Bertz CT molecular complexity index is 4500. The van der Waals surface area contributed by atoms with E-state index >= 15 is 0 Å². The number of hydrogen-bond acceptors (Lipinski definition) is 1. The van der Waals surface area contributed by atoms with E-state index in [1.165, 1.54) is 65.7 Å². The van der Waals surface area contributed by atoms with E-state index in [1.807, 2.05) is 6.07 Å². The number of nitrogens with zero attached hydrogens (tertiary/aromatic N) is 4. The predicted octanol–water partition coefficient (Wildman–Crippen LogP) is 16.5. The quantitative estimate of drug-likeness (QED) is 0.170. The molecule has 67 heavy (non-hydrogen) atoms. The van der Waals surface area contributed by atoms with Crippen molar-refractivity contribution in [1.82, 2.24) is 18.1 Å². The van der Waals surface area contributed by atoms with Gasteiger partial charge in [0.2, 0.25) is 0 Å². The highest BCUT2D eigenvalue weighted by atomic mass is 16.3. The molecule has 0 N–H and O–H groups in total. The number of rotatable bonds is 5. The zero-order valence-corrected chi connectivity index (χ0v) is 36.1. The second-order valence-corrected chi connectivity index (χ2v) is 17.7. The molecule has 5 heterocycles. The highest BCUT2D eigenvalue weighted by Crippen LogP contribution is 2.45. The van der Waals surface area contributed by atoms with Gasteiger partial charge in [-0.25, -0.2) is 0 Å². The fraction of sp³-hybridized carbons (Fsp3) is 0. The van der Waals surface area contributed by atoms with Gasteiger partial charge in [0.15, 0.2) is 0 Å². The Labute approximate surface area is 383 Å². The predicted molar refractivity (Wildman–Crippen MR) is 279 cm³/mol. The number of imidazole rings is 1. The van der Waals surface area contributed by atoms with Crippen LogP contribution in [0.1, 0.15) is 0 Å². The second-order valence-electron chi connectivity index (χ2n) is 17.7. The molecule has 0 aliphatic heterocycles. The van der Waals surface area contributed by atoms with Crippen LogP contribution in [-0.4, -0.2) is 18.1 Å². The fourth-order valence-electron chi connectivity index (χ4n) is 11.3. The van der Waals surface area contributed by atoms with Gasteiger partial charge in [-0.3, -0.25) is 8.97 Å². The summed E-state index contributed by atoms with van der Waals surface area (Å²) in [6, 6.07) is 83.8. The zero-order chi connectivity index (χ0) is 43.7. The SMILES string of the molecule is c1ccc(-n2c3ccccc3c3cc(-n4c5ccccc5c5cc(-c6ccc7c(-c8ccc9oc%10ccccc%10c9c8)c8n(-c9ccccc9)c9ccccc9n8c7c6)ccc54)ccc32)cc1. The highest BCUT2D eigenvalue weighted by Gasteiger charge is 2.24. The summed E-state index contributed by atoms with van der Waals surface area (Å²) in [7, 11) is 0. The highest BCUT2D eigenvalue weighted by molar-refractivity contribution is 6.15. The molecule has 0 radical (unpaired) electrons. The van der Waals surface area contributed by atoms with Crippen molar-refractivity contribution >= 4 is 93.1 Å². The Hall–Kier alpha value is -9.06. The molecule has 0 aliphatic carbocycles. The summed E-state index contributed by atoms with van der Waals surface area (Å²) in [4.78, 5) is 0. The van der Waals surface area contributed by atoms with Gasteiger partial charge in [-0.2, -0.15) is 0 Å². The van der Waals surface area contributed by atoms with Crippen LogP contribution >= 0.6 is 0 Å². The largest absolute Gasteiger partial charge is 0.456 e. The van der Waals surface area contributed by atoms with Gasteiger partial charge in [-0.15, -0.1) is 0 Å². The van der Waals surface area contributed by atoms with Crippen LogP contribution in [0.25, 0.3) is 132 Å². The Morgan fingerprint density at radius 2 is 0.761 bits per heavy atom. The smallest absolute Gasteiger partial charge is 0.135 e. The van der Waals surface area contributed by atoms with Gasteiger partial charge in [0, 0.05) is 60.3 Å². The molecule has 0 amide bonds. The number of para-hydroxylation sites is 7. The average Bonchev–Trinajstić information content (AvgIpc) is 4.19. The summed E-state index contributed by atoms with van der Waals surface area (Å²) in [6.45, 7) is 0. The van der Waals surface area contributed by atoms with Crippen molar-refractivity contribution in [2.75, 3.05) is 0 Å². The summed E-state index contributed by atoms with van der Waals surface area (Å²) in [5, 5.41) is 8.37. The van der Waals surface area contributed by atoms with Crippen molar-refractivity contribution in [1.29, 1.82) is 0 Å². The summed E-state index contributed by atoms with van der Waals surface area (Å²) < 4.78 is 16.0. The lowest BCUT2D eigenvalue weighted by Gasteiger charge is -2.11. The van der Waals surface area contributed by atoms with E-state index in [0.717, 1.165) is 66.8 Å². The molecular formula is C62H38N4O. The molecule has 0 fully saturated rings. The van der Waals surface area contributed by atoms with E-state index in [9.17, 15) is 0 Å². The van der Waals surface area contributed by atoms with Crippen LogP contribution in [-0.2, 0) is 0 Å². The monoisotopic (exact) mass is 854 g/mol. The van der Waals surface area contributed by atoms with Crippen LogP contribution in [0.5, 0.6) is 0 Å². The molecule has 5 heteroatoms. The third kappa shape index (κ3) is 5.14. The molecule has 5 aromatic heterocycles. The Kier molecular flexibility index (Phi) is 7.44. The van der Waals surface area contributed by atoms with E-state index in [0.29, 0.717) is 0 Å². The number of hydrogen-bond donors (Lipinski definition) is 0. The van der Waals surface area contributed by atoms with Crippen molar-refractivity contribution in [3.63, 3.8) is 0 Å². The lowest BCUT2D eigenvalue weighted by molar-refractivity contribution is 0.669. The van der Waals surface area contributed by atoms with Gasteiger partial charge in [0.05, 0.1) is 38.6 Å². The summed E-state index contributed by atoms with van der Waals surface area (Å²) >= 11 is 0. The molecular weight excluding hydrogens is 817 g/mol. The van der Waals surface area contributed by atoms with Crippen LogP contribution < -0.4 is 0 Å². The molecule has 0 unspecified atom stereocenters. The topological polar surface area (TPSA) is 32.3 Å². The maximum Gasteiger partial charge on any atom is 0.135 e. The molecule has 312 valence electrons. The van der Waals surface area contributed by atoms with Crippen molar-refractivity contribution in [3.8, 4) is 39.3 Å². The normalized spacial score (nSPS) is 12.2. The Morgan fingerprint density at radius 3 is 1.51 bits per heavy atom. The summed E-state index contributed by atoms with van der Waals surface area (Å²) in [6.07, 6.45) is 0. The number of benzene rings is 10. The fourth-order valence-corrected chi connectivity index (χ4v) is 11.3. The first-order valence-corrected chi connectivity index (χ1v) is 22.9. The van der Waals surface area contributed by atoms with Crippen LogP contribution in [0, 0.1) is 0 Å². The lowest BCUT2D eigenvalue weighted by atomic mass is 9.98. The Morgan fingerprint density at radius 1 is 0.254 bits per heavy atom. The van der Waals surface area contributed by atoms with Crippen LogP contribution in [0.15, 0.2) is 235 Å². The van der Waals surface area contributed by atoms with Gasteiger partial charge in [-0.05, 0) is 120 Å². The average molecular weight is 855 g/mol. The van der Waals surface area contributed by atoms with Crippen molar-refractivity contribution in [2.24, 2.45) is 0 Å². The third-order valence-electron chi connectivity index (χ3n) is 14.1.